The zero-order valence-electron chi connectivity index (χ0n) is 24.7. The van der Waals surface area contributed by atoms with E-state index in [0.717, 1.165) is 38.2 Å². The second kappa shape index (κ2) is 13.6. The number of rotatable bonds is 11. The van der Waals surface area contributed by atoms with Crippen LogP contribution in [0.4, 0.5) is 18.9 Å². The van der Waals surface area contributed by atoms with Crippen LogP contribution >= 0.6 is 11.3 Å². The summed E-state index contributed by atoms with van der Waals surface area (Å²) in [5, 5.41) is 4.06. The summed E-state index contributed by atoms with van der Waals surface area (Å²) < 4.78 is 70.7. The summed E-state index contributed by atoms with van der Waals surface area (Å²) in [6.45, 7) is 1.99. The van der Waals surface area contributed by atoms with Gasteiger partial charge >= 0.3 is 6.18 Å². The minimum Gasteiger partial charge on any atom is -0.326 e. The molecule has 0 aliphatic rings. The number of nitrogens with one attached hydrogen (secondary N) is 1. The van der Waals surface area contributed by atoms with Crippen LogP contribution in [0, 0.1) is 6.92 Å². The molecule has 2 N–H and O–H groups in total. The minimum absolute atomic E-state index is 0.0121. The molecule has 0 spiro atoms. The normalized spacial score (nSPS) is 12.6. The number of hydrogen-bond acceptors (Lipinski definition) is 5. The van der Waals surface area contributed by atoms with E-state index in [0.29, 0.717) is 28.8 Å². The Kier molecular flexibility index (Phi) is 9.76. The van der Waals surface area contributed by atoms with Gasteiger partial charge in [0.05, 0.1) is 17.2 Å². The number of amides is 1. The summed E-state index contributed by atoms with van der Waals surface area (Å²) in [4.78, 5) is 27.3. The Morgan fingerprint density at radius 3 is 2.07 bits per heavy atom. The molecular formula is C35H30F3NO5S2. The van der Waals surface area contributed by atoms with E-state index in [4.69, 9.17) is 4.55 Å². The van der Waals surface area contributed by atoms with Gasteiger partial charge in [0.25, 0.3) is 10.1 Å². The van der Waals surface area contributed by atoms with Gasteiger partial charge in [-0.2, -0.15) is 21.6 Å². The molecule has 0 saturated carbocycles. The van der Waals surface area contributed by atoms with Gasteiger partial charge in [0, 0.05) is 27.2 Å². The summed E-state index contributed by atoms with van der Waals surface area (Å²) in [5.41, 5.74) is 3.37. The lowest BCUT2D eigenvalue weighted by molar-refractivity contribution is -0.137. The lowest BCUT2D eigenvalue weighted by Crippen LogP contribution is -2.23. The second-order valence-electron chi connectivity index (χ2n) is 11.0. The Morgan fingerprint density at radius 1 is 0.870 bits per heavy atom. The number of benzene rings is 4. The van der Waals surface area contributed by atoms with E-state index >= 15 is 0 Å². The predicted octanol–water partition coefficient (Wildman–Crippen LogP) is 8.71. The van der Waals surface area contributed by atoms with Crippen molar-refractivity contribution in [2.45, 2.75) is 38.3 Å². The molecule has 46 heavy (non-hydrogen) atoms. The third kappa shape index (κ3) is 8.09. The maximum atomic E-state index is 13.9. The number of carbonyl (C=O) groups is 2. The van der Waals surface area contributed by atoms with Crippen LogP contribution in [-0.4, -0.2) is 30.4 Å². The molecule has 0 saturated heterocycles. The second-order valence-corrected chi connectivity index (χ2v) is 13.7. The molecule has 4 aromatic carbocycles. The summed E-state index contributed by atoms with van der Waals surface area (Å²) in [6.07, 6.45) is -4.08. The van der Waals surface area contributed by atoms with E-state index in [9.17, 15) is 31.2 Å². The van der Waals surface area contributed by atoms with Crippen LogP contribution in [0.5, 0.6) is 0 Å². The first-order valence-corrected chi connectivity index (χ1v) is 16.8. The van der Waals surface area contributed by atoms with Crippen LogP contribution < -0.4 is 5.32 Å². The summed E-state index contributed by atoms with van der Waals surface area (Å²) in [6, 6.07) is 26.6. The van der Waals surface area contributed by atoms with E-state index < -0.39 is 33.5 Å². The first kappa shape index (κ1) is 33.1. The highest BCUT2D eigenvalue weighted by atomic mass is 32.2. The molecule has 1 unspecified atom stereocenters. The smallest absolute Gasteiger partial charge is 0.326 e. The van der Waals surface area contributed by atoms with Gasteiger partial charge in [0.1, 0.15) is 0 Å². The molecule has 11 heteroatoms. The van der Waals surface area contributed by atoms with Gasteiger partial charge in [0.15, 0.2) is 5.78 Å². The lowest BCUT2D eigenvalue weighted by atomic mass is 9.93. The number of fused-ring (bicyclic) bond motifs is 1. The van der Waals surface area contributed by atoms with Crippen LogP contribution in [0.1, 0.15) is 50.7 Å². The molecule has 0 aliphatic heterocycles. The Bertz CT molecular complexity index is 1970. The van der Waals surface area contributed by atoms with Gasteiger partial charge in [-0.3, -0.25) is 14.1 Å². The molecule has 6 nitrogen and oxygen atoms in total. The van der Waals surface area contributed by atoms with Crippen molar-refractivity contribution in [3.63, 3.8) is 0 Å². The fourth-order valence-corrected chi connectivity index (χ4v) is 7.10. The predicted molar refractivity (Wildman–Crippen MR) is 175 cm³/mol. The number of halogens is 3. The van der Waals surface area contributed by atoms with Crippen molar-refractivity contribution in [1.29, 1.82) is 0 Å². The van der Waals surface area contributed by atoms with E-state index in [1.54, 1.807) is 59.9 Å². The average Bonchev–Trinajstić information content (AvgIpc) is 3.35. The number of aryl methyl sites for hydroxylation is 1. The first-order chi connectivity index (χ1) is 21.8. The Morgan fingerprint density at radius 2 is 1.48 bits per heavy atom. The summed E-state index contributed by atoms with van der Waals surface area (Å²) in [7, 11) is -4.14. The third-order valence-electron chi connectivity index (χ3n) is 7.73. The molecule has 1 heterocycles. The topological polar surface area (TPSA) is 101 Å². The van der Waals surface area contributed by atoms with Gasteiger partial charge in [0.2, 0.25) is 5.91 Å². The maximum absolute atomic E-state index is 13.9. The largest absolute Gasteiger partial charge is 0.416 e. The average molecular weight is 666 g/mol. The van der Waals surface area contributed by atoms with E-state index in [1.807, 2.05) is 31.2 Å². The minimum atomic E-state index is -4.41. The third-order valence-corrected chi connectivity index (χ3v) is 9.92. The molecule has 5 rings (SSSR count). The number of ketones is 1. The Hall–Kier alpha value is -4.32. The monoisotopic (exact) mass is 665 g/mol. The summed E-state index contributed by atoms with van der Waals surface area (Å²) in [5.74, 6) is -1.53. The van der Waals surface area contributed by atoms with Gasteiger partial charge in [-0.05, 0) is 77.7 Å². The van der Waals surface area contributed by atoms with Crippen molar-refractivity contribution in [2.24, 2.45) is 0 Å². The van der Waals surface area contributed by atoms with Gasteiger partial charge in [-0.15, -0.1) is 11.3 Å². The molecule has 0 fully saturated rings. The highest BCUT2D eigenvalue weighted by Crippen LogP contribution is 2.38. The van der Waals surface area contributed by atoms with Crippen LogP contribution in [0.15, 0.2) is 97.1 Å². The van der Waals surface area contributed by atoms with Gasteiger partial charge in [-0.1, -0.05) is 66.7 Å². The highest BCUT2D eigenvalue weighted by molar-refractivity contribution is 7.85. The molecule has 1 atom stereocenters. The van der Waals surface area contributed by atoms with Crippen molar-refractivity contribution in [2.75, 3.05) is 11.1 Å². The molecular weight excluding hydrogens is 636 g/mol. The van der Waals surface area contributed by atoms with Crippen LogP contribution in [-0.2, 0) is 27.5 Å². The zero-order chi connectivity index (χ0) is 33.1. The van der Waals surface area contributed by atoms with Gasteiger partial charge in [-0.25, -0.2) is 0 Å². The molecule has 1 amide bonds. The molecule has 5 aromatic rings. The standard InChI is InChI=1S/C35H30F3NO5S2/c1-22-29-5-2-3-7-32(29)45-33(22)30(21-23-8-10-26(11-9-23)31(40)6-4-20-46(42,43)44)34(41)39-28-18-14-25(15-19-28)24-12-16-27(17-13-24)35(36,37)38/h2-3,5,7-19,30H,4,6,20-21H2,1H3,(H,39,41)(H,42,43,44). The molecule has 1 aromatic heterocycles. The number of alkyl halides is 3. The van der Waals surface area contributed by atoms with Gasteiger partial charge < -0.3 is 5.32 Å². The molecule has 0 aliphatic carbocycles. The quantitative estimate of drug-likeness (QED) is 0.109. The lowest BCUT2D eigenvalue weighted by Gasteiger charge is -2.18. The molecule has 238 valence electrons. The SMILES string of the molecule is Cc1c(C(Cc2ccc(C(=O)CCCS(=O)(=O)O)cc2)C(=O)Nc2ccc(-c3ccc(C(F)(F)F)cc3)cc2)sc2ccccc12. The van der Waals surface area contributed by atoms with E-state index in [2.05, 4.69) is 5.32 Å². The van der Waals surface area contributed by atoms with Crippen molar-refractivity contribution in [3.8, 4) is 11.1 Å². The van der Waals surface area contributed by atoms with E-state index in [-0.39, 0.29) is 24.5 Å². The van der Waals surface area contributed by atoms with Crippen molar-refractivity contribution < 1.29 is 35.7 Å². The van der Waals surface area contributed by atoms with Crippen LogP contribution in [0.25, 0.3) is 21.2 Å². The highest BCUT2D eigenvalue weighted by Gasteiger charge is 2.30. The summed E-state index contributed by atoms with van der Waals surface area (Å²) >= 11 is 1.55. The number of hydrogen-bond donors (Lipinski definition) is 2. The fraction of sp³-hybridized carbons (Fsp3) is 0.200. The molecule has 0 bridgehead atoms. The Balaban J connectivity index is 1.35. The van der Waals surface area contributed by atoms with Crippen molar-refractivity contribution in [3.05, 3.63) is 124 Å². The van der Waals surface area contributed by atoms with Crippen molar-refractivity contribution >= 4 is 48.9 Å². The van der Waals surface area contributed by atoms with Crippen molar-refractivity contribution in [1.82, 2.24) is 0 Å². The zero-order valence-corrected chi connectivity index (χ0v) is 26.3. The number of carbonyl (C=O) groups excluding carboxylic acids is 2. The Labute approximate surface area is 268 Å². The number of thiophene rings is 1. The maximum Gasteiger partial charge on any atom is 0.416 e. The first-order valence-electron chi connectivity index (χ1n) is 14.4. The van der Waals surface area contributed by atoms with E-state index in [1.165, 1.54) is 12.1 Å². The number of anilines is 1. The van der Waals surface area contributed by atoms with Crippen LogP contribution in [0.2, 0.25) is 0 Å². The molecule has 0 radical (unpaired) electrons. The fourth-order valence-electron chi connectivity index (χ4n) is 5.28. The van der Waals surface area contributed by atoms with Crippen LogP contribution in [0.3, 0.4) is 0 Å². The number of Topliss-reactive ketones (excluding diaryl/α,β-unsaturated/α-hetero) is 1.